The van der Waals surface area contributed by atoms with E-state index in [1.165, 1.54) is 0 Å². The fourth-order valence-corrected chi connectivity index (χ4v) is 0.589. The van der Waals surface area contributed by atoms with Gasteiger partial charge in [-0.3, -0.25) is 0 Å². The van der Waals surface area contributed by atoms with Crippen LogP contribution in [0.2, 0.25) is 0 Å². The van der Waals surface area contributed by atoms with E-state index in [2.05, 4.69) is 0 Å². The molecule has 0 unspecified atom stereocenters. The number of rotatable bonds is 3. The third-order valence-electron chi connectivity index (χ3n) is 0.525. The predicted octanol–water partition coefficient (Wildman–Crippen LogP) is 1.58. The summed E-state index contributed by atoms with van der Waals surface area (Å²) in [6.07, 6.45) is 0.232. The molecule has 0 aromatic rings. The first-order valence-corrected chi connectivity index (χ1v) is 3.38. The highest BCUT2D eigenvalue weighted by atomic mass is 32.2. The van der Waals surface area contributed by atoms with Crippen molar-refractivity contribution < 1.29 is 4.74 Å². The van der Waals surface area contributed by atoms with Crippen molar-refractivity contribution in [3.63, 3.8) is 0 Å². The highest BCUT2D eigenvalue weighted by Gasteiger charge is 1.89. The Bertz CT molecular complexity index is 86.9. The van der Waals surface area contributed by atoms with Crippen LogP contribution < -0.4 is 0 Å². The number of ether oxygens (including phenoxy) is 1. The Kier molecular flexibility index (Phi) is 4.82. The van der Waals surface area contributed by atoms with Crippen LogP contribution in [-0.4, -0.2) is 12.0 Å². The normalized spacial score (nSPS) is 9.25. The average molecular weight is 131 g/mol. The second-order valence-electron chi connectivity index (χ2n) is 1.57. The fraction of sp³-hybridized carbons (Fsp3) is 0.800. The Balaban J connectivity index is 2.85. The van der Waals surface area contributed by atoms with Crippen LogP contribution in [0.1, 0.15) is 13.8 Å². The molecule has 3 heteroatoms. The summed E-state index contributed by atoms with van der Waals surface area (Å²) in [5.41, 5.74) is 0. The fourth-order valence-electron chi connectivity index (χ4n) is 0.196. The van der Waals surface area contributed by atoms with E-state index in [1.807, 2.05) is 19.2 Å². The van der Waals surface area contributed by atoms with Gasteiger partial charge in [0, 0.05) is 0 Å². The largest absolute Gasteiger partial charge is 0.367 e. The van der Waals surface area contributed by atoms with E-state index in [0.717, 1.165) is 11.8 Å². The lowest BCUT2D eigenvalue weighted by Crippen LogP contribution is -2.00. The Hall–Kier alpha value is -0.200. The predicted molar refractivity (Wildman–Crippen MR) is 34.3 cm³/mol. The first-order valence-electron chi connectivity index (χ1n) is 2.40. The second kappa shape index (κ2) is 4.95. The minimum Gasteiger partial charge on any atom is -0.367 e. The van der Waals surface area contributed by atoms with Gasteiger partial charge in [0.15, 0.2) is 0 Å². The molecule has 46 valence electrons. The smallest absolute Gasteiger partial charge is 0.135 e. The number of hydrogen-bond acceptors (Lipinski definition) is 3. The van der Waals surface area contributed by atoms with E-state index in [9.17, 15) is 0 Å². The topological polar surface area (TPSA) is 33.0 Å². The number of thiocyanates is 1. The van der Waals surface area contributed by atoms with Crippen molar-refractivity contribution in [3.05, 3.63) is 0 Å². The molecule has 0 aliphatic heterocycles. The highest BCUT2D eigenvalue weighted by molar-refractivity contribution is 8.03. The van der Waals surface area contributed by atoms with Crippen LogP contribution in [0.3, 0.4) is 0 Å². The summed E-state index contributed by atoms with van der Waals surface area (Å²) >= 11 is 1.12. The number of nitriles is 1. The molecule has 0 aliphatic rings. The van der Waals surface area contributed by atoms with Crippen molar-refractivity contribution in [2.24, 2.45) is 0 Å². The molecule has 8 heavy (non-hydrogen) atoms. The molecule has 0 saturated heterocycles. The van der Waals surface area contributed by atoms with Gasteiger partial charge in [-0.05, 0) is 25.6 Å². The van der Waals surface area contributed by atoms with Crippen LogP contribution >= 0.6 is 11.8 Å². The first kappa shape index (κ1) is 7.80. The Morgan fingerprint density at radius 1 is 1.75 bits per heavy atom. The third-order valence-corrected chi connectivity index (χ3v) is 0.908. The van der Waals surface area contributed by atoms with E-state index in [-0.39, 0.29) is 6.10 Å². The molecule has 0 bridgehead atoms. The average Bonchev–Trinajstić information content (AvgIpc) is 1.66. The summed E-state index contributed by atoms with van der Waals surface area (Å²) in [6.45, 7) is 3.88. The maximum absolute atomic E-state index is 8.01. The lowest BCUT2D eigenvalue weighted by molar-refractivity contribution is 0.121. The minimum absolute atomic E-state index is 0.232. The molecule has 0 rings (SSSR count). The first-order chi connectivity index (χ1) is 3.77. The molecule has 0 saturated carbocycles. The quantitative estimate of drug-likeness (QED) is 0.331. The van der Waals surface area contributed by atoms with Crippen LogP contribution in [0.4, 0.5) is 0 Å². The van der Waals surface area contributed by atoms with E-state index < -0.39 is 0 Å². The molecule has 0 aromatic carbocycles. The third kappa shape index (κ3) is 5.80. The lowest BCUT2D eigenvalue weighted by atomic mass is 10.5. The zero-order valence-corrected chi connectivity index (χ0v) is 5.86. The van der Waals surface area contributed by atoms with Crippen molar-refractivity contribution in [2.45, 2.75) is 20.0 Å². The van der Waals surface area contributed by atoms with Gasteiger partial charge in [0.25, 0.3) is 0 Å². The van der Waals surface area contributed by atoms with Gasteiger partial charge < -0.3 is 4.74 Å². The van der Waals surface area contributed by atoms with Gasteiger partial charge in [-0.25, -0.2) is 0 Å². The van der Waals surface area contributed by atoms with Crippen molar-refractivity contribution >= 4 is 11.8 Å². The molecule has 0 aromatic heterocycles. The van der Waals surface area contributed by atoms with Gasteiger partial charge >= 0.3 is 0 Å². The maximum Gasteiger partial charge on any atom is 0.135 e. The van der Waals surface area contributed by atoms with E-state index in [0.29, 0.717) is 5.94 Å². The van der Waals surface area contributed by atoms with Gasteiger partial charge in [-0.1, -0.05) is 0 Å². The maximum atomic E-state index is 8.01. The van der Waals surface area contributed by atoms with Crippen LogP contribution in [0.25, 0.3) is 0 Å². The lowest BCUT2D eigenvalue weighted by Gasteiger charge is -2.01. The molecule has 0 fully saturated rings. The second-order valence-corrected chi connectivity index (χ2v) is 2.28. The van der Waals surface area contributed by atoms with Crippen molar-refractivity contribution in [1.29, 1.82) is 5.26 Å². The summed E-state index contributed by atoms with van der Waals surface area (Å²) < 4.78 is 5.02. The van der Waals surface area contributed by atoms with Crippen molar-refractivity contribution in [1.82, 2.24) is 0 Å². The minimum atomic E-state index is 0.232. The Morgan fingerprint density at radius 2 is 2.38 bits per heavy atom. The van der Waals surface area contributed by atoms with Crippen LogP contribution in [0.15, 0.2) is 0 Å². The monoisotopic (exact) mass is 131 g/mol. The standard InChI is InChI=1S/C5H9NOS/c1-5(2)7-4-8-3-6/h5H,4H2,1-2H3. The van der Waals surface area contributed by atoms with E-state index in [1.54, 1.807) is 0 Å². The number of nitrogens with zero attached hydrogens (tertiary/aromatic N) is 1. The molecular formula is C5H9NOS. The molecule has 2 nitrogen and oxygen atoms in total. The van der Waals surface area contributed by atoms with Crippen LogP contribution in [0, 0.1) is 10.7 Å². The molecule has 0 spiro atoms. The summed E-state index contributed by atoms with van der Waals surface area (Å²) in [6, 6.07) is 0. The van der Waals surface area contributed by atoms with Gasteiger partial charge in [-0.2, -0.15) is 5.26 Å². The van der Waals surface area contributed by atoms with Crippen molar-refractivity contribution in [2.75, 3.05) is 5.94 Å². The Labute approximate surface area is 53.8 Å². The van der Waals surface area contributed by atoms with E-state index >= 15 is 0 Å². The summed E-state index contributed by atoms with van der Waals surface area (Å²) in [4.78, 5) is 0. The molecule has 0 aliphatic carbocycles. The molecular weight excluding hydrogens is 122 g/mol. The Morgan fingerprint density at radius 3 is 2.75 bits per heavy atom. The summed E-state index contributed by atoms with van der Waals surface area (Å²) in [5.74, 6) is 0.480. The van der Waals surface area contributed by atoms with Gasteiger partial charge in [0.2, 0.25) is 0 Å². The molecule has 0 amide bonds. The van der Waals surface area contributed by atoms with Crippen LogP contribution in [-0.2, 0) is 4.74 Å². The zero-order valence-electron chi connectivity index (χ0n) is 5.05. The molecule has 0 heterocycles. The van der Waals surface area contributed by atoms with Crippen molar-refractivity contribution in [3.8, 4) is 5.40 Å². The summed E-state index contributed by atoms with van der Waals surface area (Å²) in [7, 11) is 0. The van der Waals surface area contributed by atoms with Gasteiger partial charge in [0.1, 0.15) is 11.3 Å². The molecule has 0 N–H and O–H groups in total. The molecule has 0 atom stereocenters. The van der Waals surface area contributed by atoms with Crippen LogP contribution in [0.5, 0.6) is 0 Å². The highest BCUT2D eigenvalue weighted by Crippen LogP contribution is 1.98. The number of hydrogen-bond donors (Lipinski definition) is 0. The van der Waals surface area contributed by atoms with Gasteiger partial charge in [0.05, 0.1) is 6.10 Å². The molecule has 0 radical (unpaired) electrons. The summed E-state index contributed by atoms with van der Waals surface area (Å²) in [5, 5.41) is 9.93. The number of thioether (sulfide) groups is 1. The van der Waals surface area contributed by atoms with Gasteiger partial charge in [-0.15, -0.1) is 0 Å². The SMILES string of the molecule is CC(C)OCSC#N. The zero-order chi connectivity index (χ0) is 6.41. The van der Waals surface area contributed by atoms with E-state index in [4.69, 9.17) is 10.00 Å².